The van der Waals surface area contributed by atoms with Crippen LogP contribution < -0.4 is 11.1 Å². The third-order valence-electron chi connectivity index (χ3n) is 5.07. The van der Waals surface area contributed by atoms with Gasteiger partial charge >= 0.3 is 0 Å². The Bertz CT molecular complexity index is 309. The van der Waals surface area contributed by atoms with Gasteiger partial charge in [-0.25, -0.2) is 0 Å². The molecule has 2 rings (SSSR count). The predicted octanol–water partition coefficient (Wildman–Crippen LogP) is 1.89. The highest BCUT2D eigenvalue weighted by molar-refractivity contribution is 5.76. The Morgan fingerprint density at radius 1 is 1.30 bits per heavy atom. The SMILES string of the molecule is CCN(CCNC(=O)CC1(CN)CCCCC1)C1CC1. The van der Waals surface area contributed by atoms with Crippen molar-refractivity contribution in [2.75, 3.05) is 26.2 Å². The number of hydrogen-bond acceptors (Lipinski definition) is 3. The number of carbonyl (C=O) groups is 1. The van der Waals surface area contributed by atoms with Crippen LogP contribution in [0.1, 0.15) is 58.3 Å². The molecule has 0 bridgehead atoms. The van der Waals surface area contributed by atoms with Gasteiger partial charge in [0.05, 0.1) is 0 Å². The lowest BCUT2D eigenvalue weighted by atomic mass is 9.71. The first-order valence-corrected chi connectivity index (χ1v) is 8.40. The maximum absolute atomic E-state index is 12.1. The van der Waals surface area contributed by atoms with Crippen LogP contribution in [0.15, 0.2) is 0 Å². The number of nitrogens with two attached hydrogens (primary N) is 1. The van der Waals surface area contributed by atoms with E-state index in [0.29, 0.717) is 13.0 Å². The second-order valence-electron chi connectivity index (χ2n) is 6.65. The van der Waals surface area contributed by atoms with Gasteiger partial charge in [0, 0.05) is 25.6 Å². The molecule has 2 aliphatic rings. The van der Waals surface area contributed by atoms with Crippen molar-refractivity contribution >= 4 is 5.91 Å². The summed E-state index contributed by atoms with van der Waals surface area (Å²) in [5.74, 6) is 0.198. The van der Waals surface area contributed by atoms with Crippen molar-refractivity contribution in [2.45, 2.75) is 64.3 Å². The molecule has 0 unspecified atom stereocenters. The molecule has 3 N–H and O–H groups in total. The van der Waals surface area contributed by atoms with Crippen LogP contribution in [-0.2, 0) is 4.79 Å². The second kappa shape index (κ2) is 7.41. The Balaban J connectivity index is 1.68. The van der Waals surface area contributed by atoms with Crippen LogP contribution in [0.5, 0.6) is 0 Å². The molecule has 1 amide bonds. The summed E-state index contributed by atoms with van der Waals surface area (Å²) in [4.78, 5) is 14.6. The van der Waals surface area contributed by atoms with Crippen molar-refractivity contribution in [3.63, 3.8) is 0 Å². The van der Waals surface area contributed by atoms with E-state index in [1.54, 1.807) is 0 Å². The zero-order valence-electron chi connectivity index (χ0n) is 13.0. The van der Waals surface area contributed by atoms with E-state index in [0.717, 1.165) is 38.5 Å². The Kier molecular flexibility index (Phi) is 5.85. The monoisotopic (exact) mass is 281 g/mol. The molecule has 4 nitrogen and oxygen atoms in total. The molecular weight excluding hydrogens is 250 g/mol. The topological polar surface area (TPSA) is 58.4 Å². The fourth-order valence-electron chi connectivity index (χ4n) is 3.54. The van der Waals surface area contributed by atoms with Gasteiger partial charge in [-0.3, -0.25) is 9.69 Å². The minimum Gasteiger partial charge on any atom is -0.355 e. The lowest BCUT2D eigenvalue weighted by molar-refractivity contribution is -0.123. The number of nitrogens with one attached hydrogen (secondary N) is 1. The lowest BCUT2D eigenvalue weighted by Crippen LogP contribution is -2.41. The summed E-state index contributed by atoms with van der Waals surface area (Å²) in [5, 5.41) is 3.10. The van der Waals surface area contributed by atoms with Crippen LogP contribution in [0.25, 0.3) is 0 Å². The summed E-state index contributed by atoms with van der Waals surface area (Å²) in [7, 11) is 0. The largest absolute Gasteiger partial charge is 0.355 e. The van der Waals surface area contributed by atoms with E-state index in [9.17, 15) is 4.79 Å². The maximum atomic E-state index is 12.1. The van der Waals surface area contributed by atoms with Crippen molar-refractivity contribution in [1.82, 2.24) is 10.2 Å². The van der Waals surface area contributed by atoms with E-state index in [1.165, 1.54) is 32.1 Å². The minimum absolute atomic E-state index is 0.0866. The quantitative estimate of drug-likeness (QED) is 0.714. The first-order chi connectivity index (χ1) is 9.69. The standard InChI is InChI=1S/C16H31N3O/c1-2-19(14-6-7-14)11-10-18-15(20)12-16(13-17)8-4-3-5-9-16/h14H,2-13,17H2,1H3,(H,18,20). The summed E-state index contributed by atoms with van der Waals surface area (Å²) >= 11 is 0. The van der Waals surface area contributed by atoms with Gasteiger partial charge in [-0.2, -0.15) is 0 Å². The molecule has 0 aliphatic heterocycles. The summed E-state index contributed by atoms with van der Waals surface area (Å²) in [6, 6.07) is 0.783. The first kappa shape index (κ1) is 15.8. The molecule has 0 aromatic rings. The van der Waals surface area contributed by atoms with Crippen molar-refractivity contribution < 1.29 is 4.79 Å². The van der Waals surface area contributed by atoms with Gasteiger partial charge in [-0.15, -0.1) is 0 Å². The average Bonchev–Trinajstić information content (AvgIpc) is 3.29. The van der Waals surface area contributed by atoms with E-state index in [1.807, 2.05) is 0 Å². The fourth-order valence-corrected chi connectivity index (χ4v) is 3.54. The van der Waals surface area contributed by atoms with Gasteiger partial charge in [0.25, 0.3) is 0 Å². The maximum Gasteiger partial charge on any atom is 0.220 e. The molecule has 0 aromatic carbocycles. The molecule has 2 aliphatic carbocycles. The van der Waals surface area contributed by atoms with Crippen LogP contribution in [0.2, 0.25) is 0 Å². The summed E-state index contributed by atoms with van der Waals surface area (Å²) in [6.07, 6.45) is 9.30. The van der Waals surface area contributed by atoms with E-state index < -0.39 is 0 Å². The molecule has 0 saturated heterocycles. The summed E-state index contributed by atoms with van der Waals surface area (Å²) in [6.45, 7) is 5.72. The summed E-state index contributed by atoms with van der Waals surface area (Å²) in [5.41, 5.74) is 6.03. The van der Waals surface area contributed by atoms with Gasteiger partial charge in [0.1, 0.15) is 0 Å². The number of hydrogen-bond donors (Lipinski definition) is 2. The molecule has 2 saturated carbocycles. The minimum atomic E-state index is 0.0866. The molecule has 0 radical (unpaired) electrons. The second-order valence-corrected chi connectivity index (χ2v) is 6.65. The molecular formula is C16H31N3O. The molecule has 4 heteroatoms. The molecule has 0 heterocycles. The van der Waals surface area contributed by atoms with Gasteiger partial charge in [-0.1, -0.05) is 26.2 Å². The van der Waals surface area contributed by atoms with Crippen molar-refractivity contribution in [2.24, 2.45) is 11.1 Å². The van der Waals surface area contributed by atoms with Gasteiger partial charge in [0.15, 0.2) is 0 Å². The zero-order chi connectivity index (χ0) is 14.4. The van der Waals surface area contributed by atoms with E-state index in [2.05, 4.69) is 17.1 Å². The molecule has 116 valence electrons. The molecule has 2 fully saturated rings. The Hall–Kier alpha value is -0.610. The molecule has 20 heavy (non-hydrogen) atoms. The smallest absolute Gasteiger partial charge is 0.220 e. The number of likely N-dealkylation sites (N-methyl/N-ethyl adjacent to an activating group) is 1. The Morgan fingerprint density at radius 3 is 2.55 bits per heavy atom. The number of nitrogens with zero attached hydrogens (tertiary/aromatic N) is 1. The normalized spacial score (nSPS) is 21.9. The third-order valence-corrected chi connectivity index (χ3v) is 5.07. The van der Waals surface area contributed by atoms with Crippen LogP contribution in [-0.4, -0.2) is 43.0 Å². The average molecular weight is 281 g/mol. The number of amides is 1. The highest BCUT2D eigenvalue weighted by atomic mass is 16.1. The van der Waals surface area contributed by atoms with E-state index in [4.69, 9.17) is 5.73 Å². The summed E-state index contributed by atoms with van der Waals surface area (Å²) < 4.78 is 0. The zero-order valence-corrected chi connectivity index (χ0v) is 13.0. The van der Waals surface area contributed by atoms with Gasteiger partial charge in [-0.05, 0) is 44.2 Å². The van der Waals surface area contributed by atoms with Crippen molar-refractivity contribution in [3.05, 3.63) is 0 Å². The predicted molar refractivity (Wildman–Crippen MR) is 82.5 cm³/mol. The number of rotatable bonds is 8. The highest BCUT2D eigenvalue weighted by Crippen LogP contribution is 2.38. The molecule has 0 spiro atoms. The van der Waals surface area contributed by atoms with Crippen LogP contribution in [0, 0.1) is 5.41 Å². The van der Waals surface area contributed by atoms with Gasteiger partial charge < -0.3 is 11.1 Å². The van der Waals surface area contributed by atoms with E-state index >= 15 is 0 Å². The van der Waals surface area contributed by atoms with Crippen LogP contribution in [0.4, 0.5) is 0 Å². The first-order valence-electron chi connectivity index (χ1n) is 8.40. The van der Waals surface area contributed by atoms with Crippen molar-refractivity contribution in [3.8, 4) is 0 Å². The Labute approximate surface area is 123 Å². The van der Waals surface area contributed by atoms with Crippen LogP contribution >= 0.6 is 0 Å². The highest BCUT2D eigenvalue weighted by Gasteiger charge is 2.33. The van der Waals surface area contributed by atoms with E-state index in [-0.39, 0.29) is 11.3 Å². The molecule has 0 atom stereocenters. The Morgan fingerprint density at radius 2 is 2.00 bits per heavy atom. The van der Waals surface area contributed by atoms with Gasteiger partial charge in [0.2, 0.25) is 5.91 Å². The number of carbonyl (C=O) groups excluding carboxylic acids is 1. The van der Waals surface area contributed by atoms with Crippen LogP contribution in [0.3, 0.4) is 0 Å². The van der Waals surface area contributed by atoms with Crippen molar-refractivity contribution in [1.29, 1.82) is 0 Å². The lowest BCUT2D eigenvalue weighted by Gasteiger charge is -2.35. The third kappa shape index (κ3) is 4.45. The fraction of sp³-hybridized carbons (Fsp3) is 0.938. The molecule has 0 aromatic heterocycles.